The molecule has 0 aromatic carbocycles. The molecule has 2 aromatic rings. The van der Waals surface area contributed by atoms with E-state index in [-0.39, 0.29) is 6.03 Å². The summed E-state index contributed by atoms with van der Waals surface area (Å²) in [5, 5.41) is 10.1. The Morgan fingerprint density at radius 3 is 2.67 bits per heavy atom. The first-order valence-electron chi connectivity index (χ1n) is 8.10. The monoisotopic (exact) mass is 331 g/mol. The Kier molecular flexibility index (Phi) is 5.78. The predicted molar refractivity (Wildman–Crippen MR) is 93.3 cm³/mol. The van der Waals surface area contributed by atoms with Crippen molar-refractivity contribution < 1.29 is 9.53 Å². The fourth-order valence-corrected chi connectivity index (χ4v) is 2.71. The van der Waals surface area contributed by atoms with Gasteiger partial charge in [0, 0.05) is 30.5 Å². The highest BCUT2D eigenvalue weighted by molar-refractivity contribution is 5.89. The Bertz CT molecular complexity index is 724. The minimum absolute atomic E-state index is 0.320. The first kappa shape index (κ1) is 17.8. The van der Waals surface area contributed by atoms with Gasteiger partial charge in [-0.2, -0.15) is 5.10 Å². The lowest BCUT2D eigenvalue weighted by Gasteiger charge is -2.11. The lowest BCUT2D eigenvalue weighted by Crippen LogP contribution is -2.29. The summed E-state index contributed by atoms with van der Waals surface area (Å²) >= 11 is 0. The van der Waals surface area contributed by atoms with Crippen LogP contribution in [0.25, 0.3) is 0 Å². The zero-order chi connectivity index (χ0) is 17.7. The van der Waals surface area contributed by atoms with Crippen LogP contribution in [-0.2, 0) is 26.4 Å². The maximum atomic E-state index is 12.2. The third kappa shape index (κ3) is 3.84. The molecule has 0 spiro atoms. The lowest BCUT2D eigenvalue weighted by molar-refractivity contribution is 0.251. The van der Waals surface area contributed by atoms with Crippen molar-refractivity contribution in [3.05, 3.63) is 34.8 Å². The normalized spacial score (nSPS) is 10.5. The van der Waals surface area contributed by atoms with E-state index in [1.54, 1.807) is 13.2 Å². The van der Waals surface area contributed by atoms with Crippen molar-refractivity contribution in [1.82, 2.24) is 20.1 Å². The number of rotatable bonds is 6. The van der Waals surface area contributed by atoms with Crippen LogP contribution in [0.15, 0.2) is 12.1 Å². The first-order valence-corrected chi connectivity index (χ1v) is 8.10. The lowest BCUT2D eigenvalue weighted by atomic mass is 10.1. The van der Waals surface area contributed by atoms with Crippen LogP contribution in [-0.4, -0.2) is 27.9 Å². The van der Waals surface area contributed by atoms with Gasteiger partial charge in [-0.25, -0.2) is 9.78 Å². The van der Waals surface area contributed by atoms with E-state index >= 15 is 0 Å². The predicted octanol–water partition coefficient (Wildman–Crippen LogP) is 2.58. The summed E-state index contributed by atoms with van der Waals surface area (Å²) in [6.45, 7) is 6.44. The smallest absolute Gasteiger partial charge is 0.320 e. The molecule has 2 rings (SSSR count). The molecule has 130 valence electrons. The van der Waals surface area contributed by atoms with Crippen molar-refractivity contribution >= 4 is 11.8 Å². The zero-order valence-corrected chi connectivity index (χ0v) is 14.9. The molecule has 0 aliphatic heterocycles. The second kappa shape index (κ2) is 7.81. The van der Waals surface area contributed by atoms with Crippen LogP contribution < -0.4 is 15.4 Å². The molecular formula is C17H25N5O2. The third-order valence-corrected chi connectivity index (χ3v) is 3.90. The Hall–Kier alpha value is -2.57. The Labute approximate surface area is 142 Å². The van der Waals surface area contributed by atoms with Gasteiger partial charge < -0.3 is 10.1 Å². The standard InChI is InChI=1S/C17H25N5O2/c1-6-13-12(14(7-2)22(4)21-13)10-18-17(23)20-16-15(24-5)9-8-11(3)19-16/h8-9H,6-7,10H2,1-5H3,(H2,18,19,20,23). The van der Waals surface area contributed by atoms with Crippen LogP contribution in [0.4, 0.5) is 10.6 Å². The highest BCUT2D eigenvalue weighted by atomic mass is 16.5. The van der Waals surface area contributed by atoms with Crippen LogP contribution in [0.5, 0.6) is 5.75 Å². The summed E-state index contributed by atoms with van der Waals surface area (Å²) in [6, 6.07) is 3.29. The number of pyridine rings is 1. The average molecular weight is 331 g/mol. The second-order valence-corrected chi connectivity index (χ2v) is 5.51. The van der Waals surface area contributed by atoms with Gasteiger partial charge in [-0.3, -0.25) is 10.00 Å². The molecule has 7 nitrogen and oxygen atoms in total. The van der Waals surface area contributed by atoms with Gasteiger partial charge in [-0.15, -0.1) is 0 Å². The van der Waals surface area contributed by atoms with Gasteiger partial charge in [-0.05, 0) is 31.9 Å². The van der Waals surface area contributed by atoms with Crippen LogP contribution >= 0.6 is 0 Å². The SMILES string of the molecule is CCc1nn(C)c(CC)c1CNC(=O)Nc1nc(C)ccc1OC. The topological polar surface area (TPSA) is 81.1 Å². The van der Waals surface area contributed by atoms with Crippen molar-refractivity contribution in [2.45, 2.75) is 40.2 Å². The first-order chi connectivity index (χ1) is 11.5. The van der Waals surface area contributed by atoms with Crippen LogP contribution in [0, 0.1) is 6.92 Å². The number of aromatic nitrogens is 3. The van der Waals surface area contributed by atoms with Gasteiger partial charge in [0.2, 0.25) is 0 Å². The van der Waals surface area contributed by atoms with E-state index in [0.717, 1.165) is 35.5 Å². The fourth-order valence-electron chi connectivity index (χ4n) is 2.71. The van der Waals surface area contributed by atoms with E-state index in [1.807, 2.05) is 24.7 Å². The summed E-state index contributed by atoms with van der Waals surface area (Å²) < 4.78 is 7.11. The van der Waals surface area contributed by atoms with Gasteiger partial charge in [0.15, 0.2) is 11.6 Å². The Balaban J connectivity index is 2.08. The fraction of sp³-hybridized carbons (Fsp3) is 0.471. The van der Waals surface area contributed by atoms with E-state index < -0.39 is 0 Å². The molecule has 0 fully saturated rings. The number of carbonyl (C=O) groups is 1. The maximum Gasteiger partial charge on any atom is 0.320 e. The van der Waals surface area contributed by atoms with Gasteiger partial charge in [0.25, 0.3) is 0 Å². The number of methoxy groups -OCH3 is 1. The Morgan fingerprint density at radius 2 is 2.04 bits per heavy atom. The van der Waals surface area contributed by atoms with E-state index in [9.17, 15) is 4.79 Å². The highest BCUT2D eigenvalue weighted by Gasteiger charge is 2.15. The molecule has 0 aliphatic rings. The molecule has 24 heavy (non-hydrogen) atoms. The molecule has 0 aliphatic carbocycles. The molecule has 2 heterocycles. The van der Waals surface area contributed by atoms with Crippen LogP contribution in [0.3, 0.4) is 0 Å². The molecule has 0 saturated carbocycles. The molecule has 0 radical (unpaired) electrons. The Morgan fingerprint density at radius 1 is 1.29 bits per heavy atom. The van der Waals surface area contributed by atoms with E-state index in [0.29, 0.717) is 18.1 Å². The van der Waals surface area contributed by atoms with Crippen molar-refractivity contribution in [3.8, 4) is 5.75 Å². The van der Waals surface area contributed by atoms with Gasteiger partial charge in [-0.1, -0.05) is 13.8 Å². The minimum Gasteiger partial charge on any atom is -0.493 e. The number of amides is 2. The number of hydrogen-bond acceptors (Lipinski definition) is 4. The molecule has 0 saturated heterocycles. The van der Waals surface area contributed by atoms with Crippen LogP contribution in [0.2, 0.25) is 0 Å². The quantitative estimate of drug-likeness (QED) is 0.852. The van der Waals surface area contributed by atoms with Crippen molar-refractivity contribution in [1.29, 1.82) is 0 Å². The number of hydrogen-bond donors (Lipinski definition) is 2. The molecule has 0 atom stereocenters. The maximum absolute atomic E-state index is 12.2. The second-order valence-electron chi connectivity index (χ2n) is 5.51. The summed E-state index contributed by atoms with van der Waals surface area (Å²) in [5.74, 6) is 0.938. The molecular weight excluding hydrogens is 306 g/mol. The molecule has 2 aromatic heterocycles. The van der Waals surface area contributed by atoms with Crippen molar-refractivity contribution in [3.63, 3.8) is 0 Å². The highest BCUT2D eigenvalue weighted by Crippen LogP contribution is 2.21. The van der Waals surface area contributed by atoms with Gasteiger partial charge in [0.05, 0.1) is 12.8 Å². The molecule has 0 unspecified atom stereocenters. The molecule has 7 heteroatoms. The van der Waals surface area contributed by atoms with E-state index in [2.05, 4.69) is 34.6 Å². The number of urea groups is 1. The molecule has 2 amide bonds. The molecule has 0 bridgehead atoms. The van der Waals surface area contributed by atoms with Gasteiger partial charge >= 0.3 is 6.03 Å². The summed E-state index contributed by atoms with van der Waals surface area (Å²) in [4.78, 5) is 16.5. The van der Waals surface area contributed by atoms with E-state index in [1.165, 1.54) is 0 Å². The summed E-state index contributed by atoms with van der Waals surface area (Å²) in [7, 11) is 3.48. The number of ether oxygens (including phenoxy) is 1. The minimum atomic E-state index is -0.320. The number of nitrogens with zero attached hydrogens (tertiary/aromatic N) is 3. The largest absolute Gasteiger partial charge is 0.493 e. The average Bonchev–Trinajstić information content (AvgIpc) is 2.88. The number of nitrogens with one attached hydrogen (secondary N) is 2. The summed E-state index contributed by atoms with van der Waals surface area (Å²) in [5.41, 5.74) is 4.04. The van der Waals surface area contributed by atoms with E-state index in [4.69, 9.17) is 4.74 Å². The summed E-state index contributed by atoms with van der Waals surface area (Å²) in [6.07, 6.45) is 1.70. The number of aryl methyl sites for hydroxylation is 3. The third-order valence-electron chi connectivity index (χ3n) is 3.90. The van der Waals surface area contributed by atoms with Crippen molar-refractivity contribution in [2.24, 2.45) is 7.05 Å². The number of anilines is 1. The van der Waals surface area contributed by atoms with Gasteiger partial charge in [0.1, 0.15) is 0 Å². The zero-order valence-electron chi connectivity index (χ0n) is 14.9. The van der Waals surface area contributed by atoms with Crippen LogP contribution in [0.1, 0.15) is 36.5 Å². The van der Waals surface area contributed by atoms with Crippen molar-refractivity contribution in [2.75, 3.05) is 12.4 Å². The molecule has 2 N–H and O–H groups in total. The number of carbonyl (C=O) groups excluding carboxylic acids is 1.